The number of para-hydroxylation sites is 2. The summed E-state index contributed by atoms with van der Waals surface area (Å²) in [5.41, 5.74) is 9.31. The molecule has 1 atom stereocenters. The predicted molar refractivity (Wildman–Crippen MR) is 137 cm³/mol. The van der Waals surface area contributed by atoms with Crippen molar-refractivity contribution in [3.05, 3.63) is 102 Å². The summed E-state index contributed by atoms with van der Waals surface area (Å²) in [4.78, 5) is 2.75. The Balaban J connectivity index is 1.55. The molecule has 1 unspecified atom stereocenters. The van der Waals surface area contributed by atoms with Gasteiger partial charge in [0.2, 0.25) is 5.69 Å². The van der Waals surface area contributed by atoms with Crippen LogP contribution in [0.15, 0.2) is 94.9 Å². The van der Waals surface area contributed by atoms with E-state index < -0.39 is 0 Å². The molecule has 168 valence electrons. The van der Waals surface area contributed by atoms with Crippen LogP contribution in [0.3, 0.4) is 0 Å². The minimum atomic E-state index is -0.364. The molecule has 0 saturated heterocycles. The topological polar surface area (TPSA) is 12.7 Å². The van der Waals surface area contributed by atoms with E-state index in [0.29, 0.717) is 6.04 Å². The van der Waals surface area contributed by atoms with Crippen molar-refractivity contribution >= 4 is 22.8 Å². The van der Waals surface area contributed by atoms with Gasteiger partial charge in [0.05, 0.1) is 26.5 Å². The number of nitrogens with zero attached hydrogens (tertiary/aromatic N) is 3. The average Bonchev–Trinajstić information content (AvgIpc) is 3.52. The van der Waals surface area contributed by atoms with Gasteiger partial charge in [-0.3, -0.25) is 0 Å². The largest absolute Gasteiger partial charge is 0.347 e. The van der Waals surface area contributed by atoms with Crippen LogP contribution in [0.25, 0.3) is 28.0 Å². The van der Waals surface area contributed by atoms with E-state index in [1.807, 2.05) is 11.8 Å². The first-order valence-corrected chi connectivity index (χ1v) is 13.7. The van der Waals surface area contributed by atoms with Gasteiger partial charge < -0.3 is 0 Å². The molecule has 5 aromatic rings. The fourth-order valence-electron chi connectivity index (χ4n) is 7.58. The lowest BCUT2D eigenvalue weighted by Crippen LogP contribution is -2.58. The average molecular weight is 472 g/mol. The van der Waals surface area contributed by atoms with Gasteiger partial charge in [-0.2, -0.15) is 9.13 Å². The highest BCUT2D eigenvalue weighted by Gasteiger charge is 2.68. The summed E-state index contributed by atoms with van der Waals surface area (Å²) in [7, 11) is 0. The van der Waals surface area contributed by atoms with Crippen LogP contribution in [0.4, 0.5) is 0 Å². The lowest BCUT2D eigenvalue weighted by Gasteiger charge is -2.25. The van der Waals surface area contributed by atoms with E-state index in [1.165, 1.54) is 86.8 Å². The third-order valence-corrected chi connectivity index (χ3v) is 9.91. The molecule has 1 aliphatic carbocycles. The summed E-state index contributed by atoms with van der Waals surface area (Å²) in [5.74, 6) is 1.43. The normalized spacial score (nSPS) is 21.0. The van der Waals surface area contributed by atoms with E-state index in [2.05, 4.69) is 98.8 Å². The summed E-state index contributed by atoms with van der Waals surface area (Å²) >= 11 is 1.94. The van der Waals surface area contributed by atoms with E-state index in [9.17, 15) is 0 Å². The van der Waals surface area contributed by atoms with E-state index >= 15 is 0 Å². The molecule has 1 fully saturated rings. The Labute approximate surface area is 208 Å². The van der Waals surface area contributed by atoms with Crippen LogP contribution in [-0.4, -0.2) is 4.57 Å². The van der Waals surface area contributed by atoms with Crippen LogP contribution in [-0.2, 0) is 5.54 Å². The SMILES string of the molecule is c1ccc2c(c1)-c1cccc[n+]1C21c2cccc3c2-[n+]2c1n(C1CCCCC1)c1cccc(c12)S3. The Morgan fingerprint density at radius 2 is 1.57 bits per heavy atom. The Hall–Kier alpha value is -3.37. The lowest BCUT2D eigenvalue weighted by atomic mass is 9.82. The molecule has 0 amide bonds. The van der Waals surface area contributed by atoms with Gasteiger partial charge >= 0.3 is 11.4 Å². The molecule has 4 heteroatoms. The van der Waals surface area contributed by atoms with Gasteiger partial charge in [-0.15, -0.1) is 0 Å². The van der Waals surface area contributed by atoms with Crippen LogP contribution in [0, 0.1) is 0 Å². The van der Waals surface area contributed by atoms with Crippen molar-refractivity contribution < 1.29 is 9.13 Å². The first-order chi connectivity index (χ1) is 17.4. The Kier molecular flexibility index (Phi) is 3.48. The summed E-state index contributed by atoms with van der Waals surface area (Å²) in [5, 5.41) is 0. The fourth-order valence-corrected chi connectivity index (χ4v) is 8.70. The number of fused-ring (bicyclic) bond motifs is 7. The molecule has 0 bridgehead atoms. The second-order valence-corrected chi connectivity index (χ2v) is 11.5. The number of hydrogen-bond donors (Lipinski definition) is 0. The van der Waals surface area contributed by atoms with Gasteiger partial charge in [0.25, 0.3) is 0 Å². The molecular formula is C31H25N3S+2. The molecule has 9 rings (SSSR count). The molecular weight excluding hydrogens is 446 g/mol. The van der Waals surface area contributed by atoms with Crippen LogP contribution in [0.1, 0.15) is 55.1 Å². The second-order valence-electron chi connectivity index (χ2n) is 10.4. The number of benzene rings is 3. The van der Waals surface area contributed by atoms with Gasteiger partial charge in [-0.1, -0.05) is 48.5 Å². The zero-order valence-corrected chi connectivity index (χ0v) is 20.3. The number of rotatable bonds is 1. The molecule has 1 saturated carbocycles. The van der Waals surface area contributed by atoms with Crippen molar-refractivity contribution in [2.45, 2.75) is 53.5 Å². The van der Waals surface area contributed by atoms with E-state index in [4.69, 9.17) is 0 Å². The number of hydrogen-bond acceptors (Lipinski definition) is 1. The Bertz CT molecular complexity index is 1680. The first kappa shape index (κ1) is 18.9. The van der Waals surface area contributed by atoms with Gasteiger partial charge in [-0.05, 0) is 62.1 Å². The molecule has 3 aromatic carbocycles. The lowest BCUT2D eigenvalue weighted by molar-refractivity contribution is -0.733. The highest BCUT2D eigenvalue weighted by molar-refractivity contribution is 7.99. The third kappa shape index (κ3) is 2.05. The highest BCUT2D eigenvalue weighted by Crippen LogP contribution is 2.55. The van der Waals surface area contributed by atoms with Gasteiger partial charge in [0.1, 0.15) is 6.04 Å². The van der Waals surface area contributed by atoms with Crippen LogP contribution < -0.4 is 9.13 Å². The maximum absolute atomic E-state index is 2.78. The molecule has 35 heavy (non-hydrogen) atoms. The molecule has 5 heterocycles. The monoisotopic (exact) mass is 471 g/mol. The third-order valence-electron chi connectivity index (χ3n) is 8.81. The van der Waals surface area contributed by atoms with Gasteiger partial charge in [0, 0.05) is 12.1 Å². The standard InChI is InChI=1S/C31H25N3S/c1-2-10-20(11-3-1)33-25-16-9-18-27-29(25)34-28-23(14-8-17-26(28)35-27)31(30(33)34)22-13-5-4-12-21(22)24-15-6-7-19-32(24)31/h4-9,12-20H,1-3,10-11H2/q+2. The predicted octanol–water partition coefficient (Wildman–Crippen LogP) is 6.31. The zero-order chi connectivity index (χ0) is 22.7. The summed E-state index contributed by atoms with van der Waals surface area (Å²) in [6, 6.07) is 30.3. The van der Waals surface area contributed by atoms with E-state index in [0.717, 1.165) is 0 Å². The molecule has 2 aromatic heterocycles. The Morgan fingerprint density at radius 3 is 2.51 bits per heavy atom. The van der Waals surface area contributed by atoms with Gasteiger partial charge in [0.15, 0.2) is 22.9 Å². The first-order valence-electron chi connectivity index (χ1n) is 12.9. The van der Waals surface area contributed by atoms with Gasteiger partial charge in [-0.25, -0.2) is 4.57 Å². The quantitative estimate of drug-likeness (QED) is 0.256. The zero-order valence-electron chi connectivity index (χ0n) is 19.4. The van der Waals surface area contributed by atoms with Crippen molar-refractivity contribution in [3.8, 4) is 16.9 Å². The maximum atomic E-state index is 2.78. The van der Waals surface area contributed by atoms with Crippen molar-refractivity contribution in [3.63, 3.8) is 0 Å². The summed E-state index contributed by atoms with van der Waals surface area (Å²) in [6.45, 7) is 0. The smallest absolute Gasteiger partial charge is 0.217 e. The minimum absolute atomic E-state index is 0.364. The molecule has 3 aliphatic heterocycles. The van der Waals surface area contributed by atoms with E-state index in [-0.39, 0.29) is 5.54 Å². The fraction of sp³-hybridized carbons (Fsp3) is 0.226. The Morgan fingerprint density at radius 1 is 0.771 bits per heavy atom. The molecule has 1 spiro atoms. The number of pyridine rings is 1. The highest BCUT2D eigenvalue weighted by atomic mass is 32.2. The van der Waals surface area contributed by atoms with E-state index in [1.54, 1.807) is 0 Å². The summed E-state index contributed by atoms with van der Waals surface area (Å²) in [6.07, 6.45) is 8.86. The molecule has 0 N–H and O–H groups in total. The van der Waals surface area contributed by atoms with Crippen molar-refractivity contribution in [1.82, 2.24) is 4.57 Å². The maximum Gasteiger partial charge on any atom is 0.347 e. The van der Waals surface area contributed by atoms with Crippen LogP contribution in [0.2, 0.25) is 0 Å². The number of aromatic nitrogens is 3. The number of imidazole rings is 1. The van der Waals surface area contributed by atoms with Crippen LogP contribution >= 0.6 is 11.8 Å². The minimum Gasteiger partial charge on any atom is -0.217 e. The second kappa shape index (κ2) is 6.44. The molecule has 3 nitrogen and oxygen atoms in total. The van der Waals surface area contributed by atoms with Crippen LogP contribution in [0.5, 0.6) is 0 Å². The molecule has 4 aliphatic rings. The summed E-state index contributed by atoms with van der Waals surface area (Å²) < 4.78 is 8.01. The molecule has 0 radical (unpaired) electrons. The van der Waals surface area contributed by atoms with Crippen molar-refractivity contribution in [2.24, 2.45) is 0 Å². The van der Waals surface area contributed by atoms with Crippen molar-refractivity contribution in [1.29, 1.82) is 0 Å². The van der Waals surface area contributed by atoms with Crippen molar-refractivity contribution in [2.75, 3.05) is 0 Å².